The molecule has 0 aliphatic rings. The van der Waals surface area contributed by atoms with Gasteiger partial charge in [-0.2, -0.15) is 0 Å². The van der Waals surface area contributed by atoms with E-state index in [4.69, 9.17) is 4.74 Å². The van der Waals surface area contributed by atoms with E-state index in [1.54, 1.807) is 6.08 Å². The molecule has 2 aromatic rings. The molecule has 7 heteroatoms. The molecule has 0 heterocycles. The third-order valence-electron chi connectivity index (χ3n) is 3.11. The molecule has 0 saturated heterocycles. The van der Waals surface area contributed by atoms with Gasteiger partial charge in [0, 0.05) is 23.4 Å². The number of nitrogens with one attached hydrogen (secondary N) is 1. The normalized spacial score (nSPS) is 10.0. The molecule has 2 rings (SSSR count). The molecule has 0 unspecified atom stereocenters. The first-order valence-corrected chi connectivity index (χ1v) is 7.06. The van der Waals surface area contributed by atoms with E-state index in [0.29, 0.717) is 23.4 Å². The summed E-state index contributed by atoms with van der Waals surface area (Å²) in [6.07, 6.45) is 1.96. The highest BCUT2D eigenvalue weighted by Crippen LogP contribution is 2.25. The van der Waals surface area contributed by atoms with E-state index in [9.17, 15) is 19.3 Å². The number of anilines is 1. The highest BCUT2D eigenvalue weighted by Gasteiger charge is 2.12. The van der Waals surface area contributed by atoms with Gasteiger partial charge in [0.05, 0.1) is 4.92 Å². The topological polar surface area (TPSA) is 81.5 Å². The Kier molecular flexibility index (Phi) is 5.62. The van der Waals surface area contributed by atoms with E-state index in [0.717, 1.165) is 0 Å². The molecule has 0 saturated carbocycles. The second kappa shape index (κ2) is 7.87. The van der Waals surface area contributed by atoms with Crippen LogP contribution < -0.4 is 10.1 Å². The van der Waals surface area contributed by atoms with E-state index in [2.05, 4.69) is 11.9 Å². The Balaban J connectivity index is 2.02. The Morgan fingerprint density at radius 1 is 1.29 bits per heavy atom. The maximum absolute atomic E-state index is 12.8. The first kappa shape index (κ1) is 17.1. The number of nitro groups is 1. The van der Waals surface area contributed by atoms with Crippen molar-refractivity contribution >= 4 is 17.3 Å². The zero-order chi connectivity index (χ0) is 17.5. The van der Waals surface area contributed by atoms with Crippen molar-refractivity contribution in [2.24, 2.45) is 0 Å². The van der Waals surface area contributed by atoms with Crippen LogP contribution in [0.2, 0.25) is 0 Å². The fourth-order valence-corrected chi connectivity index (χ4v) is 2.01. The average Bonchev–Trinajstić information content (AvgIpc) is 2.56. The number of hydrogen-bond donors (Lipinski definition) is 1. The number of amides is 1. The van der Waals surface area contributed by atoms with Crippen molar-refractivity contribution in [2.45, 2.75) is 6.42 Å². The monoisotopic (exact) mass is 330 g/mol. The number of carbonyl (C=O) groups is 1. The summed E-state index contributed by atoms with van der Waals surface area (Å²) in [7, 11) is 0. The second-order valence-electron chi connectivity index (χ2n) is 4.89. The molecule has 0 aliphatic carbocycles. The van der Waals surface area contributed by atoms with Gasteiger partial charge in [0.25, 0.3) is 11.6 Å². The van der Waals surface area contributed by atoms with Gasteiger partial charge in [-0.15, -0.1) is 6.58 Å². The third kappa shape index (κ3) is 4.64. The van der Waals surface area contributed by atoms with Crippen LogP contribution >= 0.6 is 0 Å². The Bertz CT molecular complexity index is 760. The Hall–Kier alpha value is -3.22. The van der Waals surface area contributed by atoms with E-state index >= 15 is 0 Å². The van der Waals surface area contributed by atoms with Crippen LogP contribution in [0.1, 0.15) is 5.56 Å². The predicted octanol–water partition coefficient (Wildman–Crippen LogP) is 3.48. The van der Waals surface area contributed by atoms with Crippen molar-refractivity contribution in [3.8, 4) is 5.75 Å². The van der Waals surface area contributed by atoms with Gasteiger partial charge in [-0.1, -0.05) is 6.08 Å². The molecule has 1 amide bonds. The highest BCUT2D eigenvalue weighted by atomic mass is 19.1. The first-order chi connectivity index (χ1) is 11.5. The standard InChI is InChI=1S/C17H15FN2O4/c1-2-3-12-10-15(20(22)23)8-9-16(12)24-11-17(21)19-14-6-4-13(18)5-7-14/h2,4-10H,1,3,11H2,(H,19,21). The lowest BCUT2D eigenvalue weighted by atomic mass is 10.1. The van der Waals surface area contributed by atoms with Crippen molar-refractivity contribution in [3.63, 3.8) is 0 Å². The zero-order valence-electron chi connectivity index (χ0n) is 12.7. The molecule has 1 N–H and O–H groups in total. The summed E-state index contributed by atoms with van der Waals surface area (Å²) in [4.78, 5) is 22.2. The smallest absolute Gasteiger partial charge is 0.269 e. The third-order valence-corrected chi connectivity index (χ3v) is 3.11. The maximum atomic E-state index is 12.8. The number of ether oxygens (including phenoxy) is 1. The maximum Gasteiger partial charge on any atom is 0.269 e. The Morgan fingerprint density at radius 2 is 2.00 bits per heavy atom. The van der Waals surface area contributed by atoms with E-state index in [1.807, 2.05) is 0 Å². The van der Waals surface area contributed by atoms with Crippen LogP contribution in [0.4, 0.5) is 15.8 Å². The number of nitrogens with zero attached hydrogens (tertiary/aromatic N) is 1. The quantitative estimate of drug-likeness (QED) is 0.479. The van der Waals surface area contributed by atoms with Gasteiger partial charge in [-0.25, -0.2) is 4.39 Å². The molecule has 0 aliphatic heterocycles. The van der Waals surface area contributed by atoms with Gasteiger partial charge >= 0.3 is 0 Å². The number of nitro benzene ring substituents is 1. The molecular weight excluding hydrogens is 315 g/mol. The van der Waals surface area contributed by atoms with Gasteiger partial charge in [0.2, 0.25) is 0 Å². The number of hydrogen-bond acceptors (Lipinski definition) is 4. The largest absolute Gasteiger partial charge is 0.483 e. The Labute approximate surface area is 137 Å². The fraction of sp³-hybridized carbons (Fsp3) is 0.118. The number of benzene rings is 2. The van der Waals surface area contributed by atoms with Gasteiger partial charge in [0.1, 0.15) is 11.6 Å². The molecule has 6 nitrogen and oxygen atoms in total. The predicted molar refractivity (Wildman–Crippen MR) is 87.5 cm³/mol. The van der Waals surface area contributed by atoms with Crippen molar-refractivity contribution in [3.05, 3.63) is 76.6 Å². The minimum atomic E-state index is -0.502. The molecule has 124 valence electrons. The zero-order valence-corrected chi connectivity index (χ0v) is 12.7. The van der Waals surface area contributed by atoms with Crippen molar-refractivity contribution in [2.75, 3.05) is 11.9 Å². The molecule has 24 heavy (non-hydrogen) atoms. The van der Waals surface area contributed by atoms with Crippen LogP contribution in [0.15, 0.2) is 55.1 Å². The number of allylic oxidation sites excluding steroid dienone is 1. The van der Waals surface area contributed by atoms with Crippen LogP contribution in [-0.2, 0) is 11.2 Å². The molecule has 0 bridgehead atoms. The lowest BCUT2D eigenvalue weighted by Gasteiger charge is -2.11. The summed E-state index contributed by atoms with van der Waals surface area (Å²) in [5.74, 6) is -0.455. The number of halogens is 1. The molecule has 2 aromatic carbocycles. The van der Waals surface area contributed by atoms with Crippen LogP contribution in [-0.4, -0.2) is 17.4 Å². The summed E-state index contributed by atoms with van der Waals surface area (Å²) < 4.78 is 18.2. The first-order valence-electron chi connectivity index (χ1n) is 7.06. The van der Waals surface area contributed by atoms with Crippen molar-refractivity contribution in [1.82, 2.24) is 0 Å². The summed E-state index contributed by atoms with van der Waals surface area (Å²) in [6.45, 7) is 3.32. The van der Waals surface area contributed by atoms with Crippen LogP contribution in [0.3, 0.4) is 0 Å². The highest BCUT2D eigenvalue weighted by molar-refractivity contribution is 5.91. The molecule has 0 radical (unpaired) electrons. The Morgan fingerprint density at radius 3 is 2.62 bits per heavy atom. The van der Waals surface area contributed by atoms with Crippen molar-refractivity contribution < 1.29 is 18.8 Å². The summed E-state index contributed by atoms with van der Waals surface area (Å²) in [5.41, 5.74) is 0.948. The van der Waals surface area contributed by atoms with Gasteiger partial charge in [0.15, 0.2) is 6.61 Å². The second-order valence-corrected chi connectivity index (χ2v) is 4.89. The molecule has 0 atom stereocenters. The SMILES string of the molecule is C=CCc1cc([N+](=O)[O-])ccc1OCC(=O)Nc1ccc(F)cc1. The minimum absolute atomic E-state index is 0.0602. The van der Waals surface area contributed by atoms with Crippen LogP contribution in [0, 0.1) is 15.9 Å². The number of rotatable bonds is 7. The van der Waals surface area contributed by atoms with Gasteiger partial charge in [-0.05, 0) is 36.8 Å². The van der Waals surface area contributed by atoms with E-state index in [1.165, 1.54) is 42.5 Å². The lowest BCUT2D eigenvalue weighted by Crippen LogP contribution is -2.20. The molecular formula is C17H15FN2O4. The van der Waals surface area contributed by atoms with E-state index < -0.39 is 16.6 Å². The molecule has 0 spiro atoms. The summed E-state index contributed by atoms with van der Waals surface area (Å²) >= 11 is 0. The fourth-order valence-electron chi connectivity index (χ4n) is 2.01. The number of carbonyl (C=O) groups excluding carboxylic acids is 1. The molecule has 0 fully saturated rings. The van der Waals surface area contributed by atoms with Crippen LogP contribution in [0.25, 0.3) is 0 Å². The molecule has 0 aromatic heterocycles. The van der Waals surface area contributed by atoms with Gasteiger partial charge < -0.3 is 10.1 Å². The summed E-state index contributed by atoms with van der Waals surface area (Å²) in [6, 6.07) is 9.46. The van der Waals surface area contributed by atoms with Crippen LogP contribution in [0.5, 0.6) is 5.75 Å². The lowest BCUT2D eigenvalue weighted by molar-refractivity contribution is -0.384. The van der Waals surface area contributed by atoms with Gasteiger partial charge in [-0.3, -0.25) is 14.9 Å². The minimum Gasteiger partial charge on any atom is -0.483 e. The summed E-state index contributed by atoms with van der Waals surface area (Å²) in [5, 5.41) is 13.4. The average molecular weight is 330 g/mol. The van der Waals surface area contributed by atoms with E-state index in [-0.39, 0.29) is 12.3 Å². The van der Waals surface area contributed by atoms with Crippen molar-refractivity contribution in [1.29, 1.82) is 0 Å². The number of non-ortho nitro benzene ring substituents is 1.